The van der Waals surface area contributed by atoms with Gasteiger partial charge in [0.2, 0.25) is 0 Å². The zero-order valence-corrected chi connectivity index (χ0v) is 43.2. The molecule has 0 heterocycles. The highest BCUT2D eigenvalue weighted by Crippen LogP contribution is 2.43. The van der Waals surface area contributed by atoms with Crippen molar-refractivity contribution in [3.05, 3.63) is 12.2 Å². The van der Waals surface area contributed by atoms with E-state index in [0.717, 1.165) is 32.1 Å². The highest BCUT2D eigenvalue weighted by Gasteiger charge is 2.26. The summed E-state index contributed by atoms with van der Waals surface area (Å²) < 4.78 is 32.9. The summed E-state index contributed by atoms with van der Waals surface area (Å²) in [6.07, 6.45) is 57.2. The number of esters is 2. The van der Waals surface area contributed by atoms with Gasteiger partial charge in [0.05, 0.1) is 13.2 Å². The van der Waals surface area contributed by atoms with Crippen molar-refractivity contribution in [2.75, 3.05) is 26.4 Å². The van der Waals surface area contributed by atoms with Crippen LogP contribution in [0.1, 0.15) is 290 Å². The van der Waals surface area contributed by atoms with Gasteiger partial charge in [-0.15, -0.1) is 0 Å². The van der Waals surface area contributed by atoms with Gasteiger partial charge in [-0.25, -0.2) is 4.57 Å². The van der Waals surface area contributed by atoms with Gasteiger partial charge in [-0.05, 0) is 38.5 Å². The van der Waals surface area contributed by atoms with Crippen LogP contribution in [0.5, 0.6) is 0 Å². The number of phosphoric ester groups is 1. The molecule has 0 aromatic heterocycles. The number of phosphoric acid groups is 1. The predicted molar refractivity (Wildman–Crippen MR) is 271 cm³/mol. The van der Waals surface area contributed by atoms with Gasteiger partial charge in [-0.3, -0.25) is 18.6 Å². The first kappa shape index (κ1) is 62.8. The average molecular weight is 928 g/mol. The van der Waals surface area contributed by atoms with Crippen molar-refractivity contribution in [2.45, 2.75) is 296 Å². The Morgan fingerprint density at radius 1 is 0.453 bits per heavy atom. The van der Waals surface area contributed by atoms with Crippen LogP contribution in [-0.4, -0.2) is 49.3 Å². The summed E-state index contributed by atoms with van der Waals surface area (Å²) >= 11 is 0. The lowest BCUT2D eigenvalue weighted by molar-refractivity contribution is -0.161. The Bertz CT molecular complexity index is 1060. The van der Waals surface area contributed by atoms with Crippen LogP contribution < -0.4 is 5.73 Å². The molecule has 64 heavy (non-hydrogen) atoms. The molecule has 0 aliphatic rings. The van der Waals surface area contributed by atoms with E-state index in [0.29, 0.717) is 6.42 Å². The van der Waals surface area contributed by atoms with E-state index in [1.165, 1.54) is 225 Å². The maximum Gasteiger partial charge on any atom is 0.472 e. The van der Waals surface area contributed by atoms with Crippen LogP contribution in [0.2, 0.25) is 0 Å². The van der Waals surface area contributed by atoms with Crippen LogP contribution in [0, 0.1) is 0 Å². The van der Waals surface area contributed by atoms with E-state index in [9.17, 15) is 19.0 Å². The minimum atomic E-state index is -4.37. The van der Waals surface area contributed by atoms with Gasteiger partial charge in [0, 0.05) is 19.4 Å². The van der Waals surface area contributed by atoms with Crippen LogP contribution in [0.3, 0.4) is 0 Å². The van der Waals surface area contributed by atoms with E-state index in [4.69, 9.17) is 24.3 Å². The SMILES string of the molecule is CCCCCCCCCC/C=C\CCCCCCCCCCCCCCCCCCCCCCCC(=O)OC(COC(=O)CCCCCCCCCCCC)COP(=O)(O)OCCN. The third kappa shape index (κ3) is 50.2. The Kier molecular flexibility index (Phi) is 50.1. The smallest absolute Gasteiger partial charge is 0.462 e. The normalized spacial score (nSPS) is 13.1. The van der Waals surface area contributed by atoms with Gasteiger partial charge in [-0.1, -0.05) is 251 Å². The molecule has 0 radical (unpaired) electrons. The fourth-order valence-electron chi connectivity index (χ4n) is 8.28. The molecule has 2 unspecified atom stereocenters. The molecule has 0 spiro atoms. The molecule has 0 fully saturated rings. The number of carbonyl (C=O) groups excluding carboxylic acids is 2. The summed E-state index contributed by atoms with van der Waals surface area (Å²) in [6, 6.07) is 0. The molecule has 0 aliphatic heterocycles. The summed E-state index contributed by atoms with van der Waals surface area (Å²) in [6.45, 7) is 3.77. The first-order valence-electron chi connectivity index (χ1n) is 27.7. The van der Waals surface area contributed by atoms with Gasteiger partial charge < -0.3 is 20.1 Å². The molecule has 0 amide bonds. The van der Waals surface area contributed by atoms with E-state index in [1.807, 2.05) is 0 Å². The number of ether oxygens (including phenoxy) is 2. The van der Waals surface area contributed by atoms with Crippen LogP contribution in [-0.2, 0) is 32.7 Å². The van der Waals surface area contributed by atoms with E-state index in [2.05, 4.69) is 26.0 Å². The lowest BCUT2D eigenvalue weighted by Crippen LogP contribution is -2.29. The molecule has 3 N–H and O–H groups in total. The van der Waals surface area contributed by atoms with Crippen molar-refractivity contribution in [3.8, 4) is 0 Å². The lowest BCUT2D eigenvalue weighted by Gasteiger charge is -2.19. The van der Waals surface area contributed by atoms with Crippen molar-refractivity contribution in [1.29, 1.82) is 0 Å². The minimum absolute atomic E-state index is 0.0573. The standard InChI is InChI=1S/C54H106NO8P/c1-3-5-7-9-11-13-15-16-17-18-19-20-21-22-23-24-25-26-27-28-29-30-31-32-33-34-35-36-37-39-41-43-45-47-54(57)63-52(51-62-64(58,59)61-49-48-55)50-60-53(56)46-44-42-40-38-14-12-10-8-6-4-2/h18-19,52H,3-17,20-51,55H2,1-2H3,(H,58,59)/b19-18-. The van der Waals surface area contributed by atoms with Gasteiger partial charge >= 0.3 is 19.8 Å². The number of unbranched alkanes of at least 4 members (excludes halogenated alkanes) is 38. The second-order valence-electron chi connectivity index (χ2n) is 18.8. The largest absolute Gasteiger partial charge is 0.472 e. The highest BCUT2D eigenvalue weighted by atomic mass is 31.2. The number of allylic oxidation sites excluding steroid dienone is 2. The number of rotatable bonds is 53. The van der Waals surface area contributed by atoms with Crippen LogP contribution >= 0.6 is 7.82 Å². The molecule has 0 aliphatic carbocycles. The fraction of sp³-hybridized carbons (Fsp3) is 0.926. The minimum Gasteiger partial charge on any atom is -0.462 e. The Hall–Kier alpha value is -1.25. The molecule has 380 valence electrons. The molecule has 0 bridgehead atoms. The van der Waals surface area contributed by atoms with Crippen LogP contribution in [0.15, 0.2) is 12.2 Å². The molecular weight excluding hydrogens is 822 g/mol. The predicted octanol–water partition coefficient (Wildman–Crippen LogP) is 16.9. The molecule has 0 aromatic carbocycles. The number of hydrogen-bond acceptors (Lipinski definition) is 8. The maximum atomic E-state index is 12.6. The lowest BCUT2D eigenvalue weighted by atomic mass is 10.0. The third-order valence-electron chi connectivity index (χ3n) is 12.4. The first-order valence-corrected chi connectivity index (χ1v) is 29.2. The van der Waals surface area contributed by atoms with Crippen molar-refractivity contribution in [2.24, 2.45) is 5.73 Å². The monoisotopic (exact) mass is 928 g/mol. The molecule has 0 saturated carbocycles. The molecule has 10 heteroatoms. The fourth-order valence-corrected chi connectivity index (χ4v) is 9.05. The van der Waals surface area contributed by atoms with Crippen molar-refractivity contribution in [1.82, 2.24) is 0 Å². The third-order valence-corrected chi connectivity index (χ3v) is 13.4. The molecule has 9 nitrogen and oxygen atoms in total. The van der Waals surface area contributed by atoms with Gasteiger partial charge in [0.25, 0.3) is 0 Å². The van der Waals surface area contributed by atoms with E-state index >= 15 is 0 Å². The van der Waals surface area contributed by atoms with Crippen molar-refractivity contribution < 1.29 is 37.6 Å². The summed E-state index contributed by atoms with van der Waals surface area (Å²) in [5.74, 6) is -0.813. The summed E-state index contributed by atoms with van der Waals surface area (Å²) in [5.41, 5.74) is 5.36. The van der Waals surface area contributed by atoms with E-state index in [1.54, 1.807) is 0 Å². The second kappa shape index (κ2) is 51.1. The Morgan fingerprint density at radius 3 is 1.11 bits per heavy atom. The highest BCUT2D eigenvalue weighted by molar-refractivity contribution is 7.47. The second-order valence-corrected chi connectivity index (χ2v) is 20.3. The Labute approximate surface area is 396 Å². The van der Waals surface area contributed by atoms with E-state index < -0.39 is 26.5 Å². The molecular formula is C54H106NO8P. The van der Waals surface area contributed by atoms with Crippen molar-refractivity contribution >= 4 is 19.8 Å². The topological polar surface area (TPSA) is 134 Å². The quantitative estimate of drug-likeness (QED) is 0.0265. The zero-order valence-electron chi connectivity index (χ0n) is 42.3. The molecule has 0 aromatic rings. The average Bonchev–Trinajstić information content (AvgIpc) is 3.28. The zero-order chi connectivity index (χ0) is 46.7. The van der Waals surface area contributed by atoms with E-state index in [-0.39, 0.29) is 38.6 Å². The first-order chi connectivity index (χ1) is 31.3. The number of hydrogen-bond donors (Lipinski definition) is 2. The summed E-state index contributed by atoms with van der Waals surface area (Å²) in [7, 11) is -4.37. The summed E-state index contributed by atoms with van der Waals surface area (Å²) in [4.78, 5) is 34.9. The Morgan fingerprint density at radius 2 is 0.766 bits per heavy atom. The van der Waals surface area contributed by atoms with Crippen LogP contribution in [0.25, 0.3) is 0 Å². The van der Waals surface area contributed by atoms with Gasteiger partial charge in [-0.2, -0.15) is 0 Å². The summed E-state index contributed by atoms with van der Waals surface area (Å²) in [5, 5.41) is 0. The maximum absolute atomic E-state index is 12.6. The Balaban J connectivity index is 3.76. The molecule has 0 rings (SSSR count). The van der Waals surface area contributed by atoms with Gasteiger partial charge in [0.1, 0.15) is 6.61 Å². The van der Waals surface area contributed by atoms with Crippen LogP contribution in [0.4, 0.5) is 0 Å². The molecule has 0 saturated heterocycles. The van der Waals surface area contributed by atoms with Crippen molar-refractivity contribution in [3.63, 3.8) is 0 Å². The molecule has 2 atom stereocenters. The van der Waals surface area contributed by atoms with Gasteiger partial charge in [0.15, 0.2) is 6.10 Å². The number of carbonyl (C=O) groups is 2. The number of nitrogens with two attached hydrogens (primary N) is 1.